The van der Waals surface area contributed by atoms with Gasteiger partial charge >= 0.3 is 101 Å². The van der Waals surface area contributed by atoms with Gasteiger partial charge in [-0.05, 0) is 25.0 Å². The molecule has 0 saturated carbocycles. The Hall–Kier alpha value is -2.42. The van der Waals surface area contributed by atoms with Crippen molar-refractivity contribution < 1.29 is 57.7 Å². The molecule has 0 bridgehead atoms. The summed E-state index contributed by atoms with van der Waals surface area (Å²) in [6.07, 6.45) is 0. The van der Waals surface area contributed by atoms with Crippen LogP contribution in [0.25, 0.3) is 0 Å². The van der Waals surface area contributed by atoms with Crippen molar-refractivity contribution in [3.8, 4) is 0 Å². The summed E-state index contributed by atoms with van der Waals surface area (Å²) in [6.45, 7) is 5.26. The molecular formula is C23H22F6N2O8S2Sn. The number of rotatable bonds is 8. The number of benzene rings is 2. The third-order valence-electron chi connectivity index (χ3n) is 5.59. The topological polar surface area (TPSA) is 130 Å². The Morgan fingerprint density at radius 2 is 1.02 bits per heavy atom. The van der Waals surface area contributed by atoms with E-state index in [9.17, 15) is 43.2 Å². The summed E-state index contributed by atoms with van der Waals surface area (Å²) in [7, 11) is -12.3. The molecule has 0 spiro atoms. The Balaban J connectivity index is 0.000000252. The first kappa shape index (κ1) is 34.1. The van der Waals surface area contributed by atoms with Crippen LogP contribution < -0.4 is 0 Å². The molecule has 42 heavy (non-hydrogen) atoms. The summed E-state index contributed by atoms with van der Waals surface area (Å²) in [5.41, 5.74) is -9.85. The van der Waals surface area contributed by atoms with Gasteiger partial charge in [-0.1, -0.05) is 60.7 Å². The Morgan fingerprint density at radius 3 is 1.33 bits per heavy atom. The van der Waals surface area contributed by atoms with E-state index in [1.807, 2.05) is 36.4 Å². The molecule has 2 aromatic carbocycles. The molecule has 0 aromatic heterocycles. The molecule has 2 aliphatic rings. The molecule has 2 aromatic rings. The standard InChI is InChI=1S/C21H22N2O2.2CHF3O3S.Sn/c1-21(2,19-22-17(13-24-19)15-9-5-3-6-10-15)20-23-18(14-25-20)16-11-7-4-8-12-16;2*2-1(3,4)8(5,6)7;/h3-12,17-18H,13-14H2,1-2H3;2*(H,5,6,7);/q;;;+2/p-2/t17-,18-;;;/m1.../s1. The van der Waals surface area contributed by atoms with E-state index >= 15 is 0 Å². The van der Waals surface area contributed by atoms with Gasteiger partial charge in [-0.2, -0.15) is 0 Å². The zero-order chi connectivity index (χ0) is 31.4. The van der Waals surface area contributed by atoms with Gasteiger partial charge in [-0.15, -0.1) is 0 Å². The molecule has 2 atom stereocenters. The van der Waals surface area contributed by atoms with Gasteiger partial charge in [-0.25, -0.2) is 9.98 Å². The van der Waals surface area contributed by atoms with Gasteiger partial charge in [0.05, 0.1) is 0 Å². The number of hydrogen-bond donors (Lipinski definition) is 0. The number of ether oxygens (including phenoxy) is 2. The van der Waals surface area contributed by atoms with Crippen molar-refractivity contribution in [1.29, 1.82) is 0 Å². The van der Waals surface area contributed by atoms with Gasteiger partial charge in [0.1, 0.15) is 30.7 Å². The molecule has 2 heterocycles. The van der Waals surface area contributed by atoms with E-state index in [0.717, 1.165) is 0 Å². The molecular weight excluding hydrogens is 729 g/mol. The normalized spacial score (nSPS) is 19.6. The third-order valence-corrected chi connectivity index (χ3v) is 12.2. The molecule has 0 aliphatic carbocycles. The molecule has 0 N–H and O–H groups in total. The number of hydrogen-bond acceptors (Lipinski definition) is 10. The Morgan fingerprint density at radius 1 is 0.690 bits per heavy atom. The fourth-order valence-electron chi connectivity index (χ4n) is 3.41. The van der Waals surface area contributed by atoms with Crippen LogP contribution >= 0.6 is 0 Å². The van der Waals surface area contributed by atoms with Crippen molar-refractivity contribution >= 4 is 54.0 Å². The van der Waals surface area contributed by atoms with Gasteiger partial charge in [0.25, 0.3) is 0 Å². The maximum absolute atomic E-state index is 11.6. The summed E-state index contributed by atoms with van der Waals surface area (Å²) in [6, 6.07) is 20.6. The van der Waals surface area contributed by atoms with Crippen molar-refractivity contribution in [1.82, 2.24) is 0 Å². The van der Waals surface area contributed by atoms with Gasteiger partial charge < -0.3 is 9.47 Å². The minimum absolute atomic E-state index is 0.0439. The van der Waals surface area contributed by atoms with E-state index in [-0.39, 0.29) is 12.1 Å². The maximum atomic E-state index is 11.6. The van der Waals surface area contributed by atoms with Crippen molar-refractivity contribution in [2.75, 3.05) is 13.2 Å². The van der Waals surface area contributed by atoms with E-state index in [4.69, 9.17) is 19.5 Å². The van der Waals surface area contributed by atoms with Crippen LogP contribution in [0.4, 0.5) is 26.3 Å². The van der Waals surface area contributed by atoms with Crippen LogP contribution in [0, 0.1) is 5.41 Å². The first-order valence-corrected chi connectivity index (χ1v) is 16.8. The van der Waals surface area contributed by atoms with Crippen LogP contribution in [0.3, 0.4) is 0 Å². The van der Waals surface area contributed by atoms with Crippen molar-refractivity contribution in [3.63, 3.8) is 0 Å². The van der Waals surface area contributed by atoms with Gasteiger partial charge in [0.2, 0.25) is 0 Å². The third kappa shape index (κ3) is 8.35. The van der Waals surface area contributed by atoms with E-state index in [0.29, 0.717) is 25.0 Å². The number of halogens is 6. The van der Waals surface area contributed by atoms with Gasteiger partial charge in [0, 0.05) is 0 Å². The van der Waals surface area contributed by atoms with Crippen LogP contribution in [-0.2, 0) is 34.8 Å². The molecule has 2 radical (unpaired) electrons. The molecule has 10 nitrogen and oxygen atoms in total. The van der Waals surface area contributed by atoms with Crippen LogP contribution in [0.2, 0.25) is 0 Å². The van der Waals surface area contributed by atoms with Crippen molar-refractivity contribution in [3.05, 3.63) is 71.8 Å². The Bertz CT molecular complexity index is 1390. The molecule has 0 unspecified atom stereocenters. The second kappa shape index (κ2) is 13.1. The first-order chi connectivity index (χ1) is 19.4. The average Bonchev–Trinajstić information content (AvgIpc) is 3.60. The SMILES string of the molecule is CC(C)(C1=N[C@@H](c2ccccc2)CO1)C1=N[C@@H](c2ccccc2)CO1.O=S(=O)([O][Sn][O]S(=O)(=O)C(F)(F)F)C(F)(F)F. The van der Waals surface area contributed by atoms with E-state index in [1.165, 1.54) is 11.1 Å². The second-order valence-corrected chi connectivity index (χ2v) is 15.4. The molecule has 2 aliphatic heterocycles. The van der Waals surface area contributed by atoms with E-state index in [1.54, 1.807) is 0 Å². The number of aliphatic imine (C=N–C) groups is 2. The second-order valence-electron chi connectivity index (χ2n) is 9.02. The van der Waals surface area contributed by atoms with E-state index < -0.39 is 58.6 Å². The van der Waals surface area contributed by atoms with Crippen LogP contribution in [0.1, 0.15) is 37.1 Å². The first-order valence-electron chi connectivity index (χ1n) is 11.6. The number of alkyl halides is 6. The number of nitrogens with zero attached hydrogens (tertiary/aromatic N) is 2. The quantitative estimate of drug-likeness (QED) is 0.218. The van der Waals surface area contributed by atoms with Gasteiger partial charge in [0.15, 0.2) is 11.8 Å². The molecule has 19 heteroatoms. The van der Waals surface area contributed by atoms with Gasteiger partial charge in [-0.3, -0.25) is 0 Å². The zero-order valence-electron chi connectivity index (χ0n) is 21.6. The van der Waals surface area contributed by atoms with Crippen molar-refractivity contribution in [2.24, 2.45) is 15.4 Å². The summed E-state index contributed by atoms with van der Waals surface area (Å²) in [4.78, 5) is 9.61. The van der Waals surface area contributed by atoms with Crippen LogP contribution in [-0.4, -0.2) is 74.8 Å². The summed E-state index contributed by atoms with van der Waals surface area (Å²) < 4.78 is 128. The van der Waals surface area contributed by atoms with E-state index in [2.05, 4.69) is 43.2 Å². The molecule has 0 amide bonds. The molecule has 0 fully saturated rings. The molecule has 4 rings (SSSR count). The minimum atomic E-state index is -6.15. The Kier molecular flexibility index (Phi) is 10.6. The van der Waals surface area contributed by atoms with Crippen molar-refractivity contribution in [2.45, 2.75) is 36.9 Å². The predicted molar refractivity (Wildman–Crippen MR) is 137 cm³/mol. The molecule has 230 valence electrons. The zero-order valence-corrected chi connectivity index (χ0v) is 26.1. The monoisotopic (exact) mass is 752 g/mol. The van der Waals surface area contributed by atoms with Crippen LogP contribution in [0.15, 0.2) is 70.6 Å². The molecule has 0 saturated heterocycles. The summed E-state index contributed by atoms with van der Waals surface area (Å²) >= 11 is -3.86. The fraction of sp³-hybridized carbons (Fsp3) is 0.391. The fourth-order valence-corrected chi connectivity index (χ4v) is 7.76. The Labute approximate surface area is 248 Å². The summed E-state index contributed by atoms with van der Waals surface area (Å²) in [5, 5.41) is 0. The predicted octanol–water partition coefficient (Wildman–Crippen LogP) is 4.61. The summed E-state index contributed by atoms with van der Waals surface area (Å²) in [5.74, 6) is 1.41. The average molecular weight is 751 g/mol. The van der Waals surface area contributed by atoms with Crippen LogP contribution in [0.5, 0.6) is 0 Å².